The molecule has 25 heavy (non-hydrogen) atoms. The fourth-order valence-electron chi connectivity index (χ4n) is 2.93. The second kappa shape index (κ2) is 7.83. The van der Waals surface area contributed by atoms with Crippen molar-refractivity contribution in [2.75, 3.05) is 18.4 Å². The van der Waals surface area contributed by atoms with E-state index in [1.807, 2.05) is 17.0 Å². The van der Waals surface area contributed by atoms with Gasteiger partial charge in [-0.1, -0.05) is 28.9 Å². The van der Waals surface area contributed by atoms with Gasteiger partial charge in [-0.25, -0.2) is 0 Å². The Morgan fingerprint density at radius 3 is 2.40 bits per heavy atom. The number of piperidine rings is 1. The van der Waals surface area contributed by atoms with Crippen molar-refractivity contribution < 1.29 is 9.59 Å². The highest BCUT2D eigenvalue weighted by Gasteiger charge is 2.21. The zero-order valence-corrected chi connectivity index (χ0v) is 15.8. The van der Waals surface area contributed by atoms with Crippen LogP contribution < -0.4 is 5.32 Å². The van der Waals surface area contributed by atoms with E-state index in [-0.39, 0.29) is 11.8 Å². The average Bonchev–Trinajstić information content (AvgIpc) is 2.62. The largest absolute Gasteiger partial charge is 0.339 e. The molecule has 0 aliphatic carbocycles. The molecule has 0 aromatic heterocycles. The summed E-state index contributed by atoms with van der Waals surface area (Å²) >= 11 is 3.35. The molecule has 0 atom stereocenters. The fraction of sp³-hybridized carbons (Fsp3) is 0.300. The first-order valence-electron chi connectivity index (χ1n) is 8.49. The lowest BCUT2D eigenvalue weighted by atomic mass is 9.98. The smallest absolute Gasteiger partial charge is 0.255 e. The summed E-state index contributed by atoms with van der Waals surface area (Å²) in [5.41, 5.74) is 1.82. The number of amides is 2. The Bertz CT molecular complexity index is 766. The molecule has 2 aromatic carbocycles. The molecule has 1 aliphatic rings. The normalized spacial score (nSPS) is 15.0. The Labute approximate surface area is 156 Å². The number of nitrogens with zero attached hydrogens (tertiary/aromatic N) is 1. The van der Waals surface area contributed by atoms with E-state index in [0.29, 0.717) is 22.7 Å². The molecule has 5 heteroatoms. The number of benzene rings is 2. The Morgan fingerprint density at radius 2 is 1.72 bits per heavy atom. The maximum Gasteiger partial charge on any atom is 0.255 e. The topological polar surface area (TPSA) is 49.4 Å². The van der Waals surface area contributed by atoms with Crippen LogP contribution in [0.5, 0.6) is 0 Å². The molecule has 130 valence electrons. The molecule has 0 saturated carbocycles. The number of hydrogen-bond acceptors (Lipinski definition) is 2. The molecular formula is C20H21BrN2O2. The zero-order chi connectivity index (χ0) is 17.8. The average molecular weight is 401 g/mol. The van der Waals surface area contributed by atoms with E-state index in [1.165, 1.54) is 0 Å². The van der Waals surface area contributed by atoms with Crippen LogP contribution in [-0.4, -0.2) is 29.8 Å². The van der Waals surface area contributed by atoms with Crippen LogP contribution in [0.2, 0.25) is 0 Å². The number of likely N-dealkylation sites (tertiary alicyclic amines) is 1. The van der Waals surface area contributed by atoms with Gasteiger partial charge < -0.3 is 10.2 Å². The first kappa shape index (κ1) is 17.7. The molecule has 1 fully saturated rings. The van der Waals surface area contributed by atoms with Crippen LogP contribution in [0.1, 0.15) is 40.5 Å². The van der Waals surface area contributed by atoms with Crippen LogP contribution in [0.3, 0.4) is 0 Å². The molecule has 0 spiro atoms. The molecule has 0 bridgehead atoms. The van der Waals surface area contributed by atoms with Gasteiger partial charge in [0, 0.05) is 34.4 Å². The van der Waals surface area contributed by atoms with Crippen LogP contribution in [0, 0.1) is 5.92 Å². The van der Waals surface area contributed by atoms with Gasteiger partial charge in [-0.15, -0.1) is 0 Å². The first-order valence-corrected chi connectivity index (χ1v) is 9.28. The van der Waals surface area contributed by atoms with Gasteiger partial charge in [-0.05, 0) is 61.2 Å². The highest BCUT2D eigenvalue weighted by molar-refractivity contribution is 9.10. The Hall–Kier alpha value is -2.14. The summed E-state index contributed by atoms with van der Waals surface area (Å²) in [5.74, 6) is 0.524. The number of anilines is 1. The lowest BCUT2D eigenvalue weighted by Crippen LogP contribution is -2.37. The summed E-state index contributed by atoms with van der Waals surface area (Å²) < 4.78 is 0.924. The lowest BCUT2D eigenvalue weighted by Gasteiger charge is -2.30. The number of carbonyl (C=O) groups excluding carboxylic acids is 2. The van der Waals surface area contributed by atoms with Crippen molar-refractivity contribution in [3.63, 3.8) is 0 Å². The highest BCUT2D eigenvalue weighted by atomic mass is 79.9. The van der Waals surface area contributed by atoms with Gasteiger partial charge in [0.2, 0.25) is 0 Å². The maximum atomic E-state index is 12.7. The highest BCUT2D eigenvalue weighted by Crippen LogP contribution is 2.20. The predicted octanol–water partition coefficient (Wildman–Crippen LogP) is 4.57. The van der Waals surface area contributed by atoms with Crippen molar-refractivity contribution in [2.24, 2.45) is 5.92 Å². The number of hydrogen-bond donors (Lipinski definition) is 1. The minimum atomic E-state index is -0.191. The van der Waals surface area contributed by atoms with E-state index in [1.54, 1.807) is 36.4 Å². The van der Waals surface area contributed by atoms with Gasteiger partial charge >= 0.3 is 0 Å². The second-order valence-corrected chi connectivity index (χ2v) is 7.43. The second-order valence-electron chi connectivity index (χ2n) is 6.52. The first-order chi connectivity index (χ1) is 12.0. The minimum Gasteiger partial charge on any atom is -0.339 e. The molecule has 1 saturated heterocycles. The summed E-state index contributed by atoms with van der Waals surface area (Å²) in [6.07, 6.45) is 2.09. The third-order valence-electron chi connectivity index (χ3n) is 4.54. The third-order valence-corrected chi connectivity index (χ3v) is 5.07. The molecule has 3 rings (SSSR count). The van der Waals surface area contributed by atoms with Gasteiger partial charge in [0.25, 0.3) is 11.8 Å². The zero-order valence-electron chi connectivity index (χ0n) is 14.2. The molecule has 2 amide bonds. The molecule has 2 aromatic rings. The van der Waals surface area contributed by atoms with Gasteiger partial charge in [-0.3, -0.25) is 9.59 Å². The van der Waals surface area contributed by atoms with Crippen molar-refractivity contribution in [1.82, 2.24) is 4.90 Å². The SMILES string of the molecule is CC1CCN(C(=O)c2cccc(NC(=O)c3ccc(Br)cc3)c2)CC1. The number of rotatable bonds is 3. The van der Waals surface area contributed by atoms with Crippen LogP contribution in [0.15, 0.2) is 53.0 Å². The molecule has 0 radical (unpaired) electrons. The summed E-state index contributed by atoms with van der Waals surface area (Å²) in [6, 6.07) is 14.3. The van der Waals surface area contributed by atoms with Gasteiger partial charge in [-0.2, -0.15) is 0 Å². The van der Waals surface area contributed by atoms with E-state index in [9.17, 15) is 9.59 Å². The summed E-state index contributed by atoms with van der Waals surface area (Å²) in [7, 11) is 0. The fourth-order valence-corrected chi connectivity index (χ4v) is 3.19. The summed E-state index contributed by atoms with van der Waals surface area (Å²) in [6.45, 7) is 3.82. The van der Waals surface area contributed by atoms with Crippen molar-refractivity contribution in [3.8, 4) is 0 Å². The summed E-state index contributed by atoms with van der Waals surface area (Å²) in [4.78, 5) is 26.9. The molecule has 4 nitrogen and oxygen atoms in total. The Kier molecular flexibility index (Phi) is 5.53. The predicted molar refractivity (Wildman–Crippen MR) is 103 cm³/mol. The van der Waals surface area contributed by atoms with Crippen molar-refractivity contribution in [1.29, 1.82) is 0 Å². The van der Waals surface area contributed by atoms with Crippen molar-refractivity contribution >= 4 is 33.4 Å². The quantitative estimate of drug-likeness (QED) is 0.819. The number of halogens is 1. The van der Waals surface area contributed by atoms with E-state index in [0.717, 1.165) is 30.4 Å². The van der Waals surface area contributed by atoms with E-state index in [4.69, 9.17) is 0 Å². The van der Waals surface area contributed by atoms with Gasteiger partial charge in [0.15, 0.2) is 0 Å². The number of carbonyl (C=O) groups is 2. The molecular weight excluding hydrogens is 380 g/mol. The van der Waals surface area contributed by atoms with Crippen LogP contribution in [-0.2, 0) is 0 Å². The molecule has 1 heterocycles. The monoisotopic (exact) mass is 400 g/mol. The maximum absolute atomic E-state index is 12.7. The van der Waals surface area contributed by atoms with Crippen LogP contribution in [0.4, 0.5) is 5.69 Å². The van der Waals surface area contributed by atoms with Crippen molar-refractivity contribution in [3.05, 3.63) is 64.1 Å². The van der Waals surface area contributed by atoms with E-state index >= 15 is 0 Å². The van der Waals surface area contributed by atoms with Crippen LogP contribution in [0.25, 0.3) is 0 Å². The molecule has 1 N–H and O–H groups in total. The Morgan fingerprint density at radius 1 is 1.04 bits per heavy atom. The summed E-state index contributed by atoms with van der Waals surface area (Å²) in [5, 5.41) is 2.86. The van der Waals surface area contributed by atoms with Crippen molar-refractivity contribution in [2.45, 2.75) is 19.8 Å². The third kappa shape index (κ3) is 4.48. The van der Waals surface area contributed by atoms with E-state index < -0.39 is 0 Å². The number of nitrogens with one attached hydrogen (secondary N) is 1. The van der Waals surface area contributed by atoms with Gasteiger partial charge in [0.1, 0.15) is 0 Å². The van der Waals surface area contributed by atoms with Crippen LogP contribution >= 0.6 is 15.9 Å². The molecule has 1 aliphatic heterocycles. The lowest BCUT2D eigenvalue weighted by molar-refractivity contribution is 0.0697. The van der Waals surface area contributed by atoms with E-state index in [2.05, 4.69) is 28.2 Å². The molecule has 0 unspecified atom stereocenters. The standard InChI is InChI=1S/C20H21BrN2O2/c1-14-9-11-23(12-10-14)20(25)16-3-2-4-18(13-16)22-19(24)15-5-7-17(21)8-6-15/h2-8,13-14H,9-12H2,1H3,(H,22,24). The van der Waals surface area contributed by atoms with Gasteiger partial charge in [0.05, 0.1) is 0 Å². The Balaban J connectivity index is 1.69. The minimum absolute atomic E-state index is 0.0339.